The van der Waals surface area contributed by atoms with Crippen LogP contribution in [0.25, 0.3) is 0 Å². The number of hydrogen-bond donors (Lipinski definition) is 1. The molecule has 1 aromatic carbocycles. The van der Waals surface area contributed by atoms with Gasteiger partial charge < -0.3 is 10.2 Å². The molecule has 1 N–H and O–H groups in total. The van der Waals surface area contributed by atoms with Crippen molar-refractivity contribution < 1.29 is 9.18 Å². The summed E-state index contributed by atoms with van der Waals surface area (Å²) in [6, 6.07) is 9.74. The van der Waals surface area contributed by atoms with Crippen molar-refractivity contribution in [1.29, 1.82) is 0 Å². The molecular formula is C19H18FN5O. The molecule has 1 aliphatic carbocycles. The third-order valence-electron chi connectivity index (χ3n) is 5.82. The summed E-state index contributed by atoms with van der Waals surface area (Å²) in [7, 11) is 0. The largest absolute Gasteiger partial charge is 0.340 e. The molecule has 1 aromatic heterocycles. The predicted octanol–water partition coefficient (Wildman–Crippen LogP) is 1.78. The number of rotatable bonds is 2. The molecule has 1 spiro atoms. The molecule has 2 fully saturated rings. The van der Waals surface area contributed by atoms with E-state index in [1.54, 1.807) is 0 Å². The molecule has 0 bridgehead atoms. The van der Waals surface area contributed by atoms with Gasteiger partial charge in [-0.25, -0.2) is 14.4 Å². The Kier molecular flexibility index (Phi) is 3.32. The summed E-state index contributed by atoms with van der Waals surface area (Å²) < 4.78 is 13.1. The number of hydrogen-bond acceptors (Lipinski definition) is 5. The first kappa shape index (κ1) is 15.4. The van der Waals surface area contributed by atoms with Crippen LogP contribution in [0, 0.1) is 17.7 Å². The normalized spacial score (nSPS) is 29.8. The molecule has 26 heavy (non-hydrogen) atoms. The van der Waals surface area contributed by atoms with Gasteiger partial charge in [-0.15, -0.1) is 0 Å². The lowest BCUT2D eigenvalue weighted by atomic mass is 9.85. The minimum Gasteiger partial charge on any atom is -0.340 e. The zero-order valence-corrected chi connectivity index (χ0v) is 14.1. The summed E-state index contributed by atoms with van der Waals surface area (Å²) in [6.45, 7) is 1.44. The van der Waals surface area contributed by atoms with E-state index in [-0.39, 0.29) is 11.8 Å². The van der Waals surface area contributed by atoms with Gasteiger partial charge in [0.25, 0.3) is 5.91 Å². The quantitative estimate of drug-likeness (QED) is 0.895. The Morgan fingerprint density at radius 1 is 1.15 bits per heavy atom. The van der Waals surface area contributed by atoms with Gasteiger partial charge in [0.2, 0.25) is 5.95 Å². The average Bonchev–Trinajstić information content (AvgIpc) is 3.32. The van der Waals surface area contributed by atoms with Crippen molar-refractivity contribution in [3.05, 3.63) is 54.1 Å². The third-order valence-corrected chi connectivity index (χ3v) is 5.82. The Labute approximate surface area is 150 Å². The fourth-order valence-corrected chi connectivity index (χ4v) is 4.58. The lowest BCUT2D eigenvalue weighted by Gasteiger charge is -2.25. The number of carbonyl (C=O) groups is 1. The van der Waals surface area contributed by atoms with Gasteiger partial charge in [0, 0.05) is 24.6 Å². The highest BCUT2D eigenvalue weighted by atomic mass is 19.1. The van der Waals surface area contributed by atoms with E-state index in [4.69, 9.17) is 4.99 Å². The Morgan fingerprint density at radius 3 is 2.69 bits per heavy atom. The highest BCUT2D eigenvalue weighted by Gasteiger charge is 2.59. The predicted molar refractivity (Wildman–Crippen MR) is 94.3 cm³/mol. The van der Waals surface area contributed by atoms with Crippen LogP contribution in [0.15, 0.2) is 47.7 Å². The van der Waals surface area contributed by atoms with Gasteiger partial charge in [-0.05, 0) is 18.8 Å². The van der Waals surface area contributed by atoms with Crippen molar-refractivity contribution in [1.82, 2.24) is 15.3 Å². The summed E-state index contributed by atoms with van der Waals surface area (Å²) in [5, 5.41) is 2.99. The number of aromatic nitrogens is 2. The fraction of sp³-hybridized carbons (Fsp3) is 0.368. The molecule has 0 radical (unpaired) electrons. The maximum Gasteiger partial charge on any atom is 0.253 e. The topological polar surface area (TPSA) is 70.5 Å². The van der Waals surface area contributed by atoms with E-state index in [0.717, 1.165) is 24.9 Å². The highest BCUT2D eigenvalue weighted by Crippen LogP contribution is 2.49. The summed E-state index contributed by atoms with van der Waals surface area (Å²) in [6.07, 6.45) is 4.07. The van der Waals surface area contributed by atoms with Crippen LogP contribution in [0.5, 0.6) is 0 Å². The second-order valence-corrected chi connectivity index (χ2v) is 7.22. The van der Waals surface area contributed by atoms with E-state index in [9.17, 15) is 9.18 Å². The molecule has 5 rings (SSSR count). The lowest BCUT2D eigenvalue weighted by molar-refractivity contribution is -0.124. The van der Waals surface area contributed by atoms with Gasteiger partial charge in [0.15, 0.2) is 5.82 Å². The van der Waals surface area contributed by atoms with Crippen LogP contribution in [0.1, 0.15) is 18.4 Å². The van der Waals surface area contributed by atoms with E-state index in [1.807, 2.05) is 35.2 Å². The molecule has 1 amide bonds. The number of aliphatic imine (C=N–C) groups is 1. The minimum absolute atomic E-state index is 0.00859. The SMILES string of the molecule is O=C1NC(c2ccccc2)=N[C@]12CC[C@H]1CN(c3ncc(F)cn3)C[C@H]12. The van der Waals surface area contributed by atoms with Crippen molar-refractivity contribution >= 4 is 17.7 Å². The molecular weight excluding hydrogens is 333 g/mol. The number of carbonyl (C=O) groups excluding carboxylic acids is 1. The Bertz CT molecular complexity index is 885. The van der Waals surface area contributed by atoms with Crippen molar-refractivity contribution in [2.45, 2.75) is 18.4 Å². The Balaban J connectivity index is 1.45. The van der Waals surface area contributed by atoms with Crippen molar-refractivity contribution in [2.75, 3.05) is 18.0 Å². The molecule has 2 aromatic rings. The number of amidine groups is 1. The molecule has 1 saturated heterocycles. The van der Waals surface area contributed by atoms with Crippen LogP contribution in [-0.2, 0) is 4.79 Å². The minimum atomic E-state index is -0.704. The summed E-state index contributed by atoms with van der Waals surface area (Å²) in [5.74, 6) is 1.21. The fourth-order valence-electron chi connectivity index (χ4n) is 4.58. The number of amides is 1. The first-order valence-corrected chi connectivity index (χ1v) is 8.85. The molecule has 1 saturated carbocycles. The zero-order valence-electron chi connectivity index (χ0n) is 14.1. The van der Waals surface area contributed by atoms with Crippen LogP contribution in [0.4, 0.5) is 10.3 Å². The van der Waals surface area contributed by atoms with E-state index < -0.39 is 11.4 Å². The van der Waals surface area contributed by atoms with Crippen molar-refractivity contribution in [2.24, 2.45) is 16.8 Å². The van der Waals surface area contributed by atoms with Crippen LogP contribution in [0.3, 0.4) is 0 Å². The summed E-state index contributed by atoms with van der Waals surface area (Å²) >= 11 is 0. The van der Waals surface area contributed by atoms with Gasteiger partial charge in [-0.1, -0.05) is 30.3 Å². The van der Waals surface area contributed by atoms with Crippen LogP contribution in [0.2, 0.25) is 0 Å². The summed E-state index contributed by atoms with van der Waals surface area (Å²) in [5.41, 5.74) is 0.225. The van der Waals surface area contributed by atoms with Crippen LogP contribution < -0.4 is 10.2 Å². The van der Waals surface area contributed by atoms with Crippen LogP contribution >= 0.6 is 0 Å². The van der Waals surface area contributed by atoms with Crippen molar-refractivity contribution in [3.8, 4) is 0 Å². The van der Waals surface area contributed by atoms with Crippen LogP contribution in [-0.4, -0.2) is 40.3 Å². The number of halogens is 1. The monoisotopic (exact) mass is 351 g/mol. The molecule has 0 unspecified atom stereocenters. The number of benzene rings is 1. The van der Waals surface area contributed by atoms with E-state index in [1.165, 1.54) is 12.4 Å². The van der Waals surface area contributed by atoms with Gasteiger partial charge in [-0.3, -0.25) is 9.79 Å². The standard InChI is InChI=1S/C19H18FN5O/c20-14-8-21-18(22-9-14)25-10-13-6-7-19(15(13)11-25)17(26)23-16(24-19)12-4-2-1-3-5-12/h1-5,8-9,13,15H,6-7,10-11H2,(H,23,24,26)/t13-,15+,19-/m0/s1. The van der Waals surface area contributed by atoms with E-state index in [0.29, 0.717) is 24.2 Å². The molecule has 2 aliphatic heterocycles. The highest BCUT2D eigenvalue weighted by molar-refractivity contribution is 6.15. The number of fused-ring (bicyclic) bond motifs is 2. The second-order valence-electron chi connectivity index (χ2n) is 7.22. The maximum absolute atomic E-state index is 13.1. The Morgan fingerprint density at radius 2 is 1.92 bits per heavy atom. The van der Waals surface area contributed by atoms with E-state index >= 15 is 0 Å². The second kappa shape index (κ2) is 5.59. The summed E-state index contributed by atoms with van der Waals surface area (Å²) in [4.78, 5) is 28.0. The maximum atomic E-state index is 13.1. The molecule has 132 valence electrons. The molecule has 3 heterocycles. The first-order valence-electron chi connectivity index (χ1n) is 8.85. The van der Waals surface area contributed by atoms with E-state index in [2.05, 4.69) is 15.3 Å². The van der Waals surface area contributed by atoms with Gasteiger partial charge in [-0.2, -0.15) is 0 Å². The number of anilines is 1. The lowest BCUT2D eigenvalue weighted by Crippen LogP contribution is -2.45. The van der Waals surface area contributed by atoms with Gasteiger partial charge >= 0.3 is 0 Å². The third kappa shape index (κ3) is 2.23. The molecule has 7 heteroatoms. The van der Waals surface area contributed by atoms with Crippen molar-refractivity contribution in [3.63, 3.8) is 0 Å². The van der Waals surface area contributed by atoms with Gasteiger partial charge in [0.05, 0.1) is 12.4 Å². The number of nitrogens with one attached hydrogen (secondary N) is 1. The first-order chi connectivity index (χ1) is 12.7. The average molecular weight is 351 g/mol. The molecule has 6 nitrogen and oxygen atoms in total. The Hall–Kier alpha value is -2.83. The smallest absolute Gasteiger partial charge is 0.253 e. The zero-order chi connectivity index (χ0) is 17.7. The molecule has 3 atom stereocenters. The molecule has 3 aliphatic rings. The van der Waals surface area contributed by atoms with Gasteiger partial charge in [0.1, 0.15) is 11.4 Å². The number of nitrogens with zero attached hydrogens (tertiary/aromatic N) is 4.